The van der Waals surface area contributed by atoms with Crippen LogP contribution >= 0.6 is 11.3 Å². The van der Waals surface area contributed by atoms with E-state index in [0.717, 1.165) is 15.8 Å². The molecule has 1 atom stereocenters. The Balaban J connectivity index is 2.38. The Kier molecular flexibility index (Phi) is 6.97. The predicted octanol–water partition coefficient (Wildman–Crippen LogP) is 2.13. The van der Waals surface area contributed by atoms with Gasteiger partial charge in [-0.3, -0.25) is 4.79 Å². The van der Waals surface area contributed by atoms with Crippen LogP contribution in [-0.2, 0) is 20.9 Å². The summed E-state index contributed by atoms with van der Waals surface area (Å²) in [6, 6.07) is 3.71. The summed E-state index contributed by atoms with van der Waals surface area (Å²) in [4.78, 5) is 23.9. The van der Waals surface area contributed by atoms with Crippen LogP contribution < -0.4 is 5.32 Å². The van der Waals surface area contributed by atoms with E-state index in [9.17, 15) is 9.59 Å². The Morgan fingerprint density at radius 3 is 2.90 bits per heavy atom. The van der Waals surface area contributed by atoms with Gasteiger partial charge in [0.1, 0.15) is 0 Å². The number of aliphatic carboxylic acids is 1. The first-order chi connectivity index (χ1) is 9.51. The highest BCUT2D eigenvalue weighted by atomic mass is 32.1. The molecule has 0 bridgehead atoms. The first-order valence-corrected chi connectivity index (χ1v) is 7.08. The van der Waals surface area contributed by atoms with Gasteiger partial charge in [0.2, 0.25) is 5.91 Å². The molecule has 110 valence electrons. The maximum Gasteiger partial charge on any atom is 0.328 e. The summed E-state index contributed by atoms with van der Waals surface area (Å²) in [5.74, 6) is -0.789. The number of carboxylic acids is 1. The van der Waals surface area contributed by atoms with Gasteiger partial charge in [-0.25, -0.2) is 4.79 Å². The summed E-state index contributed by atoms with van der Waals surface area (Å²) in [7, 11) is 1.62. The zero-order chi connectivity index (χ0) is 15.0. The molecule has 0 saturated heterocycles. The number of methoxy groups -OCH3 is 1. The predicted molar refractivity (Wildman–Crippen MR) is 78.5 cm³/mol. The first-order valence-electron chi connectivity index (χ1n) is 6.26. The molecule has 0 saturated carbocycles. The molecule has 20 heavy (non-hydrogen) atoms. The van der Waals surface area contributed by atoms with Gasteiger partial charge in [0.05, 0.1) is 6.54 Å². The van der Waals surface area contributed by atoms with Crippen LogP contribution in [0.4, 0.5) is 0 Å². The second-order valence-electron chi connectivity index (χ2n) is 4.52. The molecule has 0 aliphatic carbocycles. The Hall–Kier alpha value is -1.66. The van der Waals surface area contributed by atoms with E-state index in [4.69, 9.17) is 9.84 Å². The van der Waals surface area contributed by atoms with E-state index in [1.54, 1.807) is 13.2 Å². The second kappa shape index (κ2) is 8.50. The van der Waals surface area contributed by atoms with Gasteiger partial charge < -0.3 is 15.2 Å². The normalized spacial score (nSPS) is 12.5. The minimum Gasteiger partial charge on any atom is -0.478 e. The molecule has 0 aliphatic heterocycles. The number of nitrogens with one attached hydrogen (secondary N) is 1. The summed E-state index contributed by atoms with van der Waals surface area (Å²) in [5.41, 5.74) is 0. The molecule has 1 aromatic heterocycles. The third-order valence-electron chi connectivity index (χ3n) is 2.52. The fourth-order valence-electron chi connectivity index (χ4n) is 1.65. The van der Waals surface area contributed by atoms with Crippen molar-refractivity contribution >= 4 is 29.3 Å². The van der Waals surface area contributed by atoms with Crippen LogP contribution in [0.3, 0.4) is 0 Å². The SMILES string of the molecule is COCC(C)CC(=O)NCc1ccc(/C=C/C(=O)O)s1. The molecule has 2 N–H and O–H groups in total. The minimum atomic E-state index is -0.972. The molecule has 1 amide bonds. The number of ether oxygens (including phenoxy) is 1. The lowest BCUT2D eigenvalue weighted by atomic mass is 10.1. The summed E-state index contributed by atoms with van der Waals surface area (Å²) < 4.78 is 4.98. The summed E-state index contributed by atoms with van der Waals surface area (Å²) >= 11 is 1.46. The van der Waals surface area contributed by atoms with Crippen molar-refractivity contribution in [3.8, 4) is 0 Å². The van der Waals surface area contributed by atoms with Crippen molar-refractivity contribution in [3.63, 3.8) is 0 Å². The molecule has 0 fully saturated rings. The van der Waals surface area contributed by atoms with Crippen molar-refractivity contribution < 1.29 is 19.4 Å². The van der Waals surface area contributed by atoms with Gasteiger partial charge in [-0.15, -0.1) is 11.3 Å². The second-order valence-corrected chi connectivity index (χ2v) is 5.72. The van der Waals surface area contributed by atoms with Crippen LogP contribution in [0, 0.1) is 5.92 Å². The van der Waals surface area contributed by atoms with Crippen molar-refractivity contribution in [2.45, 2.75) is 19.9 Å². The number of carbonyl (C=O) groups excluding carboxylic acids is 1. The quantitative estimate of drug-likeness (QED) is 0.721. The molecule has 1 unspecified atom stereocenters. The van der Waals surface area contributed by atoms with Crippen molar-refractivity contribution in [3.05, 3.63) is 28.0 Å². The fourth-order valence-corrected chi connectivity index (χ4v) is 2.51. The topological polar surface area (TPSA) is 75.6 Å². The van der Waals surface area contributed by atoms with Gasteiger partial charge in [0.15, 0.2) is 0 Å². The largest absolute Gasteiger partial charge is 0.478 e. The van der Waals surface area contributed by atoms with Crippen LogP contribution in [0.15, 0.2) is 18.2 Å². The van der Waals surface area contributed by atoms with Gasteiger partial charge in [-0.05, 0) is 24.1 Å². The van der Waals surface area contributed by atoms with Gasteiger partial charge in [-0.1, -0.05) is 6.92 Å². The van der Waals surface area contributed by atoms with Crippen molar-refractivity contribution in [2.75, 3.05) is 13.7 Å². The zero-order valence-corrected chi connectivity index (χ0v) is 12.4. The van der Waals surface area contributed by atoms with Gasteiger partial charge in [-0.2, -0.15) is 0 Å². The molecular formula is C14H19NO4S. The average molecular weight is 297 g/mol. The fraction of sp³-hybridized carbons (Fsp3) is 0.429. The van der Waals surface area contributed by atoms with Crippen LogP contribution in [0.2, 0.25) is 0 Å². The molecule has 1 aromatic rings. The minimum absolute atomic E-state index is 0.00872. The molecule has 1 rings (SSSR count). The van der Waals surface area contributed by atoms with E-state index in [1.807, 2.05) is 19.1 Å². The highest BCUT2D eigenvalue weighted by Crippen LogP contribution is 2.17. The Bertz CT molecular complexity index is 481. The number of hydrogen-bond acceptors (Lipinski definition) is 4. The van der Waals surface area contributed by atoms with Crippen molar-refractivity contribution in [2.24, 2.45) is 5.92 Å². The number of amides is 1. The van der Waals surface area contributed by atoms with E-state index in [0.29, 0.717) is 19.6 Å². The molecule has 5 nitrogen and oxygen atoms in total. The van der Waals surface area contributed by atoms with Gasteiger partial charge in [0.25, 0.3) is 0 Å². The molecule has 0 radical (unpaired) electrons. The van der Waals surface area contributed by atoms with E-state index in [1.165, 1.54) is 11.3 Å². The number of thiophene rings is 1. The Morgan fingerprint density at radius 2 is 2.25 bits per heavy atom. The Morgan fingerprint density at radius 1 is 1.50 bits per heavy atom. The molecule has 1 heterocycles. The third-order valence-corrected chi connectivity index (χ3v) is 3.57. The van der Waals surface area contributed by atoms with E-state index < -0.39 is 5.97 Å². The summed E-state index contributed by atoms with van der Waals surface area (Å²) in [5, 5.41) is 11.4. The number of hydrogen-bond donors (Lipinski definition) is 2. The van der Waals surface area contributed by atoms with Gasteiger partial charge in [0, 0.05) is 36.0 Å². The van der Waals surface area contributed by atoms with Crippen LogP contribution in [0.5, 0.6) is 0 Å². The van der Waals surface area contributed by atoms with Crippen LogP contribution in [0.1, 0.15) is 23.1 Å². The summed E-state index contributed by atoms with van der Waals surface area (Å²) in [6.45, 7) is 2.99. The standard InChI is InChI=1S/C14H19NO4S/c1-10(9-19-2)7-13(16)15-8-12-4-3-11(20-12)5-6-14(17)18/h3-6,10H,7-9H2,1-2H3,(H,15,16)(H,17,18)/b6-5+. The molecule has 0 aliphatic rings. The van der Waals surface area contributed by atoms with Crippen molar-refractivity contribution in [1.82, 2.24) is 5.32 Å². The third kappa shape index (κ3) is 6.49. The monoisotopic (exact) mass is 297 g/mol. The lowest BCUT2D eigenvalue weighted by molar-refractivity contribution is -0.131. The molecule has 0 spiro atoms. The molecule has 6 heteroatoms. The zero-order valence-electron chi connectivity index (χ0n) is 11.6. The smallest absolute Gasteiger partial charge is 0.328 e. The van der Waals surface area contributed by atoms with Crippen LogP contribution in [-0.4, -0.2) is 30.7 Å². The highest BCUT2D eigenvalue weighted by molar-refractivity contribution is 7.12. The average Bonchev–Trinajstić information content (AvgIpc) is 2.82. The highest BCUT2D eigenvalue weighted by Gasteiger charge is 2.09. The van der Waals surface area contributed by atoms with E-state index in [2.05, 4.69) is 5.32 Å². The van der Waals surface area contributed by atoms with E-state index in [-0.39, 0.29) is 11.8 Å². The lowest BCUT2D eigenvalue weighted by Crippen LogP contribution is -2.25. The number of carbonyl (C=O) groups is 2. The number of carboxylic acid groups (broad SMARTS) is 1. The van der Waals surface area contributed by atoms with E-state index >= 15 is 0 Å². The maximum absolute atomic E-state index is 11.7. The Labute approximate surface area is 122 Å². The van der Waals surface area contributed by atoms with Crippen LogP contribution in [0.25, 0.3) is 6.08 Å². The summed E-state index contributed by atoms with van der Waals surface area (Å²) in [6.07, 6.45) is 3.07. The molecular weight excluding hydrogens is 278 g/mol. The number of rotatable bonds is 8. The molecule has 0 aromatic carbocycles. The van der Waals surface area contributed by atoms with Crippen molar-refractivity contribution in [1.29, 1.82) is 0 Å². The maximum atomic E-state index is 11.7. The first kappa shape index (κ1) is 16.4. The lowest BCUT2D eigenvalue weighted by Gasteiger charge is -2.09. The van der Waals surface area contributed by atoms with Gasteiger partial charge >= 0.3 is 5.97 Å².